The lowest BCUT2D eigenvalue weighted by Gasteiger charge is -2.09. The van der Waals surface area contributed by atoms with Gasteiger partial charge in [0.1, 0.15) is 11.3 Å². The number of hydrogen-bond acceptors (Lipinski definition) is 4. The summed E-state index contributed by atoms with van der Waals surface area (Å²) in [6.07, 6.45) is 4.47. The molecule has 1 aromatic carbocycles. The van der Waals surface area contributed by atoms with Crippen molar-refractivity contribution >= 4 is 16.9 Å². The maximum absolute atomic E-state index is 5.36. The summed E-state index contributed by atoms with van der Waals surface area (Å²) in [6, 6.07) is 10.0. The van der Waals surface area contributed by atoms with E-state index in [4.69, 9.17) is 4.74 Å². The topological polar surface area (TPSA) is 52.0 Å². The molecule has 0 aliphatic rings. The SMILES string of the molecule is COc1ccccc1CCNc1nccc2c1ncn2C. The van der Waals surface area contributed by atoms with Gasteiger partial charge in [0.05, 0.1) is 19.0 Å². The molecule has 3 rings (SSSR count). The van der Waals surface area contributed by atoms with E-state index in [-0.39, 0.29) is 0 Å². The van der Waals surface area contributed by atoms with E-state index in [2.05, 4.69) is 21.4 Å². The quantitative estimate of drug-likeness (QED) is 0.781. The van der Waals surface area contributed by atoms with Crippen molar-refractivity contribution in [2.75, 3.05) is 19.0 Å². The zero-order valence-electron chi connectivity index (χ0n) is 12.2. The van der Waals surface area contributed by atoms with Crippen molar-refractivity contribution in [1.29, 1.82) is 0 Å². The second-order valence-corrected chi connectivity index (χ2v) is 4.87. The molecule has 0 fully saturated rings. The largest absolute Gasteiger partial charge is 0.496 e. The van der Waals surface area contributed by atoms with Crippen molar-refractivity contribution in [3.63, 3.8) is 0 Å². The molecule has 0 saturated heterocycles. The van der Waals surface area contributed by atoms with Gasteiger partial charge in [-0.15, -0.1) is 0 Å². The molecule has 0 spiro atoms. The van der Waals surface area contributed by atoms with E-state index in [1.54, 1.807) is 19.6 Å². The predicted octanol–water partition coefficient (Wildman–Crippen LogP) is 2.63. The predicted molar refractivity (Wildman–Crippen MR) is 83.7 cm³/mol. The highest BCUT2D eigenvalue weighted by atomic mass is 16.5. The van der Waals surface area contributed by atoms with Crippen molar-refractivity contribution in [2.24, 2.45) is 7.05 Å². The standard InChI is InChI=1S/C16H18N4O/c1-20-11-19-15-13(20)8-10-18-16(15)17-9-7-12-5-3-4-6-14(12)21-2/h3-6,8,10-11H,7,9H2,1-2H3,(H,17,18). The molecule has 2 aromatic heterocycles. The van der Waals surface area contributed by atoms with Gasteiger partial charge in [0.15, 0.2) is 5.82 Å². The Balaban J connectivity index is 1.72. The smallest absolute Gasteiger partial charge is 0.154 e. The number of anilines is 1. The van der Waals surface area contributed by atoms with E-state index in [1.165, 1.54) is 5.56 Å². The van der Waals surface area contributed by atoms with Crippen LogP contribution < -0.4 is 10.1 Å². The molecule has 0 aliphatic carbocycles. The molecule has 0 unspecified atom stereocenters. The summed E-state index contributed by atoms with van der Waals surface area (Å²) >= 11 is 0. The lowest BCUT2D eigenvalue weighted by atomic mass is 10.1. The molecule has 5 heteroatoms. The number of ether oxygens (including phenoxy) is 1. The molecule has 108 valence electrons. The molecular formula is C16H18N4O. The first-order chi connectivity index (χ1) is 10.3. The molecule has 0 amide bonds. The Morgan fingerprint density at radius 3 is 2.90 bits per heavy atom. The lowest BCUT2D eigenvalue weighted by molar-refractivity contribution is 0.410. The van der Waals surface area contributed by atoms with Gasteiger partial charge in [-0.2, -0.15) is 0 Å². The van der Waals surface area contributed by atoms with Crippen LogP contribution in [0.25, 0.3) is 11.0 Å². The second-order valence-electron chi connectivity index (χ2n) is 4.87. The van der Waals surface area contributed by atoms with E-state index in [1.807, 2.05) is 35.9 Å². The second kappa shape index (κ2) is 5.83. The maximum atomic E-state index is 5.36. The number of imidazole rings is 1. The normalized spacial score (nSPS) is 10.8. The maximum Gasteiger partial charge on any atom is 0.154 e. The van der Waals surface area contributed by atoms with Gasteiger partial charge in [-0.05, 0) is 24.1 Å². The summed E-state index contributed by atoms with van der Waals surface area (Å²) in [5.41, 5.74) is 3.16. The van der Waals surface area contributed by atoms with Crippen LogP contribution in [0.5, 0.6) is 5.75 Å². The van der Waals surface area contributed by atoms with Gasteiger partial charge in [-0.1, -0.05) is 18.2 Å². The number of aryl methyl sites for hydroxylation is 1. The van der Waals surface area contributed by atoms with Crippen LogP contribution in [0.15, 0.2) is 42.9 Å². The van der Waals surface area contributed by atoms with E-state index >= 15 is 0 Å². The Bertz CT molecular complexity index is 751. The Morgan fingerprint density at radius 2 is 2.05 bits per heavy atom. The highest BCUT2D eigenvalue weighted by Crippen LogP contribution is 2.20. The number of fused-ring (bicyclic) bond motifs is 1. The number of methoxy groups -OCH3 is 1. The number of pyridine rings is 1. The van der Waals surface area contributed by atoms with Gasteiger partial charge in [0.2, 0.25) is 0 Å². The first-order valence-electron chi connectivity index (χ1n) is 6.91. The van der Waals surface area contributed by atoms with E-state index in [0.29, 0.717) is 0 Å². The molecule has 2 heterocycles. The summed E-state index contributed by atoms with van der Waals surface area (Å²) < 4.78 is 7.35. The highest BCUT2D eigenvalue weighted by Gasteiger charge is 2.07. The van der Waals surface area contributed by atoms with Gasteiger partial charge in [0, 0.05) is 19.8 Å². The van der Waals surface area contributed by atoms with Crippen molar-refractivity contribution in [3.05, 3.63) is 48.4 Å². The summed E-state index contributed by atoms with van der Waals surface area (Å²) in [5, 5.41) is 3.36. The van der Waals surface area contributed by atoms with Crippen LogP contribution in [0.1, 0.15) is 5.56 Å². The number of nitrogens with zero attached hydrogens (tertiary/aromatic N) is 3. The number of para-hydroxylation sites is 1. The van der Waals surface area contributed by atoms with Crippen LogP contribution >= 0.6 is 0 Å². The fourth-order valence-electron chi connectivity index (χ4n) is 2.42. The summed E-state index contributed by atoms with van der Waals surface area (Å²) in [5.74, 6) is 1.74. The fourth-order valence-corrected chi connectivity index (χ4v) is 2.42. The molecule has 0 atom stereocenters. The molecule has 3 aromatic rings. The Kier molecular flexibility index (Phi) is 3.73. The average molecular weight is 282 g/mol. The fraction of sp³-hybridized carbons (Fsp3) is 0.250. The van der Waals surface area contributed by atoms with Gasteiger partial charge < -0.3 is 14.6 Å². The monoisotopic (exact) mass is 282 g/mol. The number of hydrogen-bond donors (Lipinski definition) is 1. The van der Waals surface area contributed by atoms with Crippen LogP contribution in [0, 0.1) is 0 Å². The lowest BCUT2D eigenvalue weighted by Crippen LogP contribution is -2.07. The van der Waals surface area contributed by atoms with E-state index in [9.17, 15) is 0 Å². The molecule has 1 N–H and O–H groups in total. The molecule has 5 nitrogen and oxygen atoms in total. The number of benzene rings is 1. The van der Waals surface area contributed by atoms with Gasteiger partial charge in [-0.3, -0.25) is 0 Å². The van der Waals surface area contributed by atoms with Crippen LogP contribution in [0.2, 0.25) is 0 Å². The third-order valence-corrected chi connectivity index (χ3v) is 3.52. The zero-order valence-corrected chi connectivity index (χ0v) is 12.2. The summed E-state index contributed by atoms with van der Waals surface area (Å²) in [6.45, 7) is 0.781. The molecule has 0 saturated carbocycles. The zero-order chi connectivity index (χ0) is 14.7. The molecule has 0 radical (unpaired) electrons. The van der Waals surface area contributed by atoms with Crippen molar-refractivity contribution < 1.29 is 4.74 Å². The minimum atomic E-state index is 0.781. The first-order valence-corrected chi connectivity index (χ1v) is 6.91. The van der Waals surface area contributed by atoms with Crippen LogP contribution in [-0.4, -0.2) is 28.2 Å². The number of nitrogens with one attached hydrogen (secondary N) is 1. The average Bonchev–Trinajstić information content (AvgIpc) is 2.90. The van der Waals surface area contributed by atoms with Crippen LogP contribution in [0.4, 0.5) is 5.82 Å². The van der Waals surface area contributed by atoms with Gasteiger partial charge >= 0.3 is 0 Å². The Labute approximate surface area is 123 Å². The Morgan fingerprint density at radius 1 is 1.19 bits per heavy atom. The van der Waals surface area contributed by atoms with E-state index < -0.39 is 0 Å². The minimum Gasteiger partial charge on any atom is -0.496 e. The van der Waals surface area contributed by atoms with Crippen molar-refractivity contribution in [3.8, 4) is 5.75 Å². The van der Waals surface area contributed by atoms with Crippen molar-refractivity contribution in [2.45, 2.75) is 6.42 Å². The van der Waals surface area contributed by atoms with Crippen LogP contribution in [0.3, 0.4) is 0 Å². The molecule has 0 aliphatic heterocycles. The summed E-state index contributed by atoms with van der Waals surface area (Å²) in [4.78, 5) is 8.77. The molecular weight excluding hydrogens is 264 g/mol. The third-order valence-electron chi connectivity index (χ3n) is 3.52. The Hall–Kier alpha value is -2.56. The molecule has 21 heavy (non-hydrogen) atoms. The van der Waals surface area contributed by atoms with Crippen LogP contribution in [-0.2, 0) is 13.5 Å². The van der Waals surface area contributed by atoms with E-state index in [0.717, 1.165) is 35.6 Å². The summed E-state index contributed by atoms with van der Waals surface area (Å²) in [7, 11) is 3.68. The van der Waals surface area contributed by atoms with Crippen molar-refractivity contribution in [1.82, 2.24) is 14.5 Å². The molecule has 0 bridgehead atoms. The minimum absolute atomic E-state index is 0.781. The third kappa shape index (κ3) is 2.67. The number of aromatic nitrogens is 3. The van der Waals surface area contributed by atoms with Gasteiger partial charge in [0.25, 0.3) is 0 Å². The first kappa shape index (κ1) is 13.4. The highest BCUT2D eigenvalue weighted by molar-refractivity contribution is 5.85. The number of rotatable bonds is 5. The van der Waals surface area contributed by atoms with Gasteiger partial charge in [-0.25, -0.2) is 9.97 Å².